The van der Waals surface area contributed by atoms with E-state index < -0.39 is 4.92 Å². The summed E-state index contributed by atoms with van der Waals surface area (Å²) < 4.78 is 6.39. The molecule has 0 saturated heterocycles. The number of nitrogens with zero attached hydrogens (tertiary/aromatic N) is 2. The topological polar surface area (TPSA) is 72.7 Å². The lowest BCUT2D eigenvalue weighted by Crippen LogP contribution is -2.33. The van der Waals surface area contributed by atoms with Crippen molar-refractivity contribution in [2.75, 3.05) is 18.1 Å². The van der Waals surface area contributed by atoms with Gasteiger partial charge in [0.05, 0.1) is 11.0 Å². The molecule has 7 heteroatoms. The van der Waals surface area contributed by atoms with Crippen LogP contribution in [0.1, 0.15) is 5.56 Å². The second-order valence-corrected chi connectivity index (χ2v) is 6.03. The predicted molar refractivity (Wildman–Crippen MR) is 88.8 cm³/mol. The van der Waals surface area contributed by atoms with Crippen molar-refractivity contribution in [3.05, 3.63) is 62.6 Å². The highest BCUT2D eigenvalue weighted by Gasteiger charge is 2.25. The Morgan fingerprint density at radius 2 is 2.13 bits per heavy atom. The number of carbonyl (C=O) groups is 1. The van der Waals surface area contributed by atoms with Gasteiger partial charge in [-0.1, -0.05) is 22.0 Å². The minimum atomic E-state index is -0.497. The van der Waals surface area contributed by atoms with Crippen LogP contribution in [0.4, 0.5) is 11.4 Å². The first-order chi connectivity index (χ1) is 11.0. The van der Waals surface area contributed by atoms with Gasteiger partial charge < -0.3 is 9.64 Å². The number of rotatable bonds is 4. The molecule has 0 atom stereocenters. The molecule has 0 bridgehead atoms. The van der Waals surface area contributed by atoms with Crippen molar-refractivity contribution in [2.45, 2.75) is 6.42 Å². The first-order valence-electron chi connectivity index (χ1n) is 7.00. The molecule has 0 aromatic heterocycles. The van der Waals surface area contributed by atoms with Crippen molar-refractivity contribution in [3.63, 3.8) is 0 Å². The summed E-state index contributed by atoms with van der Waals surface area (Å²) in [6.07, 6.45) is 0.803. The zero-order chi connectivity index (χ0) is 16.4. The molecule has 1 amide bonds. The van der Waals surface area contributed by atoms with Gasteiger partial charge >= 0.3 is 0 Å². The van der Waals surface area contributed by atoms with E-state index in [-0.39, 0.29) is 18.2 Å². The average Bonchev–Trinajstić information content (AvgIpc) is 2.95. The quantitative estimate of drug-likeness (QED) is 0.605. The Morgan fingerprint density at radius 1 is 1.30 bits per heavy atom. The zero-order valence-electron chi connectivity index (χ0n) is 12.1. The summed E-state index contributed by atoms with van der Waals surface area (Å²) in [4.78, 5) is 24.3. The number of anilines is 1. The van der Waals surface area contributed by atoms with Crippen LogP contribution in [0.2, 0.25) is 0 Å². The minimum absolute atomic E-state index is 0.0636. The van der Waals surface area contributed by atoms with E-state index in [1.165, 1.54) is 18.2 Å². The van der Waals surface area contributed by atoms with Crippen LogP contribution in [0.25, 0.3) is 0 Å². The second-order valence-electron chi connectivity index (χ2n) is 5.11. The smallest absolute Gasteiger partial charge is 0.273 e. The van der Waals surface area contributed by atoms with Gasteiger partial charge in [0.25, 0.3) is 11.6 Å². The van der Waals surface area contributed by atoms with E-state index >= 15 is 0 Å². The largest absolute Gasteiger partial charge is 0.483 e. The summed E-state index contributed by atoms with van der Waals surface area (Å²) in [7, 11) is 0. The maximum Gasteiger partial charge on any atom is 0.273 e. The molecule has 2 aromatic rings. The Hall–Kier alpha value is -2.41. The van der Waals surface area contributed by atoms with Crippen molar-refractivity contribution in [2.24, 2.45) is 0 Å². The number of hydrogen-bond donors (Lipinski definition) is 0. The molecule has 1 aliphatic heterocycles. The van der Waals surface area contributed by atoms with Gasteiger partial charge in [0.2, 0.25) is 0 Å². The number of fused-ring (bicyclic) bond motifs is 1. The average molecular weight is 377 g/mol. The van der Waals surface area contributed by atoms with Gasteiger partial charge in [-0.2, -0.15) is 0 Å². The molecule has 0 fully saturated rings. The summed E-state index contributed by atoms with van der Waals surface area (Å²) in [6, 6.07) is 11.6. The van der Waals surface area contributed by atoms with Crippen molar-refractivity contribution < 1.29 is 14.5 Å². The van der Waals surface area contributed by atoms with Gasteiger partial charge in [-0.15, -0.1) is 0 Å². The highest BCUT2D eigenvalue weighted by molar-refractivity contribution is 9.10. The number of halogens is 1. The molecule has 118 valence electrons. The van der Waals surface area contributed by atoms with E-state index in [4.69, 9.17) is 4.74 Å². The molecule has 0 saturated carbocycles. The van der Waals surface area contributed by atoms with Crippen LogP contribution in [-0.4, -0.2) is 24.0 Å². The van der Waals surface area contributed by atoms with Crippen molar-refractivity contribution in [1.82, 2.24) is 0 Å². The number of nitro benzene ring substituents is 1. The molecule has 2 aromatic carbocycles. The fourth-order valence-corrected chi connectivity index (χ4v) is 2.95. The van der Waals surface area contributed by atoms with Crippen LogP contribution in [0.3, 0.4) is 0 Å². The summed E-state index contributed by atoms with van der Waals surface area (Å²) >= 11 is 3.42. The van der Waals surface area contributed by atoms with Crippen LogP contribution in [-0.2, 0) is 11.2 Å². The molecule has 1 aliphatic rings. The van der Waals surface area contributed by atoms with Crippen LogP contribution in [0, 0.1) is 10.1 Å². The zero-order valence-corrected chi connectivity index (χ0v) is 13.7. The summed E-state index contributed by atoms with van der Waals surface area (Å²) in [5, 5.41) is 10.7. The van der Waals surface area contributed by atoms with Crippen LogP contribution >= 0.6 is 15.9 Å². The maximum atomic E-state index is 12.3. The van der Waals surface area contributed by atoms with Crippen molar-refractivity contribution in [3.8, 4) is 5.75 Å². The standard InChI is InChI=1S/C16H13BrN2O4/c17-12-4-5-15-11(8-12)6-7-18(15)16(20)10-23-14-3-1-2-13(9-14)19(21)22/h1-5,8-9H,6-7,10H2. The molecule has 23 heavy (non-hydrogen) atoms. The fraction of sp³-hybridized carbons (Fsp3) is 0.188. The minimum Gasteiger partial charge on any atom is -0.483 e. The van der Waals surface area contributed by atoms with Crippen LogP contribution in [0.5, 0.6) is 5.75 Å². The molecular weight excluding hydrogens is 364 g/mol. The predicted octanol–water partition coefficient (Wildman–Crippen LogP) is 3.33. The molecule has 6 nitrogen and oxygen atoms in total. The second kappa shape index (κ2) is 6.37. The number of carbonyl (C=O) groups excluding carboxylic acids is 1. The molecule has 0 spiro atoms. The molecule has 0 aliphatic carbocycles. The number of amides is 1. The Kier molecular flexibility index (Phi) is 4.29. The fourth-order valence-electron chi connectivity index (χ4n) is 2.54. The Morgan fingerprint density at radius 3 is 2.91 bits per heavy atom. The lowest BCUT2D eigenvalue weighted by Gasteiger charge is -2.17. The molecule has 0 radical (unpaired) electrons. The van der Waals surface area contributed by atoms with Crippen LogP contribution < -0.4 is 9.64 Å². The summed E-state index contributed by atoms with van der Waals surface area (Å²) in [6.45, 7) is 0.458. The maximum absolute atomic E-state index is 12.3. The normalized spacial score (nSPS) is 12.8. The van der Waals surface area contributed by atoms with E-state index in [9.17, 15) is 14.9 Å². The van der Waals surface area contributed by atoms with Gasteiger partial charge in [-0.3, -0.25) is 14.9 Å². The molecule has 1 heterocycles. The third-order valence-electron chi connectivity index (χ3n) is 3.63. The van der Waals surface area contributed by atoms with E-state index in [1.54, 1.807) is 11.0 Å². The third kappa shape index (κ3) is 3.34. The van der Waals surface area contributed by atoms with E-state index in [0.29, 0.717) is 12.3 Å². The summed E-state index contributed by atoms with van der Waals surface area (Å²) in [5.41, 5.74) is 1.94. The number of ether oxygens (including phenoxy) is 1. The highest BCUT2D eigenvalue weighted by atomic mass is 79.9. The first-order valence-corrected chi connectivity index (χ1v) is 7.80. The first kappa shape index (κ1) is 15.5. The monoisotopic (exact) mass is 376 g/mol. The van der Waals surface area contributed by atoms with Gasteiger partial charge in [-0.05, 0) is 36.2 Å². The van der Waals surface area contributed by atoms with Crippen molar-refractivity contribution >= 4 is 33.2 Å². The molecule has 0 unspecified atom stereocenters. The van der Waals surface area contributed by atoms with E-state index in [1.807, 2.05) is 18.2 Å². The molecule has 0 N–H and O–H groups in total. The Balaban J connectivity index is 1.67. The highest BCUT2D eigenvalue weighted by Crippen LogP contribution is 2.30. The number of non-ortho nitro benzene ring substituents is 1. The number of nitro groups is 1. The van der Waals surface area contributed by atoms with Gasteiger partial charge in [0.15, 0.2) is 6.61 Å². The van der Waals surface area contributed by atoms with E-state index in [0.717, 1.165) is 22.1 Å². The van der Waals surface area contributed by atoms with E-state index in [2.05, 4.69) is 15.9 Å². The van der Waals surface area contributed by atoms with Crippen LogP contribution in [0.15, 0.2) is 46.9 Å². The Bertz CT molecular complexity index is 778. The third-order valence-corrected chi connectivity index (χ3v) is 4.12. The van der Waals surface area contributed by atoms with Gasteiger partial charge in [-0.25, -0.2) is 0 Å². The van der Waals surface area contributed by atoms with Gasteiger partial charge in [0, 0.05) is 22.8 Å². The van der Waals surface area contributed by atoms with Gasteiger partial charge in [0.1, 0.15) is 5.75 Å². The molecule has 3 rings (SSSR count). The number of benzene rings is 2. The Labute approximate surface area is 140 Å². The summed E-state index contributed by atoms with van der Waals surface area (Å²) in [5.74, 6) is 0.139. The lowest BCUT2D eigenvalue weighted by atomic mass is 10.2. The lowest BCUT2D eigenvalue weighted by molar-refractivity contribution is -0.384. The SMILES string of the molecule is O=C(COc1cccc([N+](=O)[O-])c1)N1CCc2cc(Br)ccc21. The van der Waals surface area contributed by atoms with Crippen molar-refractivity contribution in [1.29, 1.82) is 0 Å². The number of hydrogen-bond acceptors (Lipinski definition) is 4. The molecular formula is C16H13BrN2O4.